The molecule has 0 spiro atoms. The number of carbonyl (C=O) groups excluding carboxylic acids is 3. The number of nitrogens with zero attached hydrogens (tertiary/aromatic N) is 5. The molecular formula is C25H24ClN7O7S. The van der Waals surface area contributed by atoms with Crippen LogP contribution < -0.4 is 10.6 Å². The number of amides is 3. The number of hydrogen-bond donors (Lipinski definition) is 3. The van der Waals surface area contributed by atoms with Gasteiger partial charge in [0.25, 0.3) is 0 Å². The molecule has 214 valence electrons. The van der Waals surface area contributed by atoms with Gasteiger partial charge in [0, 0.05) is 35.4 Å². The maximum Gasteiger partial charge on any atom is 0.335 e. The van der Waals surface area contributed by atoms with E-state index < -0.39 is 46.0 Å². The first kappa shape index (κ1) is 29.4. The highest BCUT2D eigenvalue weighted by molar-refractivity contribution is 7.91. The van der Waals surface area contributed by atoms with Crippen LogP contribution in [-0.4, -0.2) is 93.0 Å². The normalized spacial score (nSPS) is 15.3. The molecule has 3 aromatic rings. The lowest BCUT2D eigenvalue weighted by Gasteiger charge is -2.28. The molecule has 0 aliphatic carbocycles. The fourth-order valence-electron chi connectivity index (χ4n) is 3.92. The lowest BCUT2D eigenvalue weighted by atomic mass is 10.1. The van der Waals surface area contributed by atoms with E-state index in [1.54, 1.807) is 18.2 Å². The minimum absolute atomic E-state index is 0.00952. The summed E-state index contributed by atoms with van der Waals surface area (Å²) in [5.41, 5.74) is 1.27. The summed E-state index contributed by atoms with van der Waals surface area (Å²) in [6.45, 7) is -0.0383. The van der Waals surface area contributed by atoms with Crippen molar-refractivity contribution in [2.24, 2.45) is 0 Å². The smallest absolute Gasteiger partial charge is 0.335 e. The number of halogens is 1. The van der Waals surface area contributed by atoms with Gasteiger partial charge in [0.1, 0.15) is 12.4 Å². The Labute approximate surface area is 238 Å². The third-order valence-electron chi connectivity index (χ3n) is 6.11. The van der Waals surface area contributed by atoms with E-state index in [2.05, 4.69) is 26.2 Å². The Morgan fingerprint density at radius 3 is 2.41 bits per heavy atom. The molecule has 3 amide bonds. The molecule has 14 nitrogen and oxygen atoms in total. The van der Waals surface area contributed by atoms with E-state index in [-0.39, 0.29) is 35.8 Å². The number of aromatic carboxylic acids is 1. The van der Waals surface area contributed by atoms with Gasteiger partial charge in [-0.1, -0.05) is 11.6 Å². The van der Waals surface area contributed by atoms with Crippen molar-refractivity contribution in [3.05, 3.63) is 71.0 Å². The molecule has 0 saturated carbocycles. The Balaban J connectivity index is 1.51. The van der Waals surface area contributed by atoms with Crippen LogP contribution in [0.1, 0.15) is 22.3 Å². The topological polar surface area (TPSA) is 194 Å². The molecule has 41 heavy (non-hydrogen) atoms. The zero-order chi connectivity index (χ0) is 29.6. The van der Waals surface area contributed by atoms with E-state index in [1.165, 1.54) is 46.3 Å². The van der Waals surface area contributed by atoms with E-state index in [1.807, 2.05) is 0 Å². The Morgan fingerprint density at radius 1 is 1.07 bits per heavy atom. The second-order valence-electron chi connectivity index (χ2n) is 8.96. The van der Waals surface area contributed by atoms with Crippen molar-refractivity contribution in [2.75, 3.05) is 29.9 Å². The highest BCUT2D eigenvalue weighted by Crippen LogP contribution is 2.20. The molecule has 0 unspecified atom stereocenters. The van der Waals surface area contributed by atoms with Crippen LogP contribution in [0.5, 0.6) is 0 Å². The summed E-state index contributed by atoms with van der Waals surface area (Å²) in [7, 11) is -3.24. The number of aromatic nitrogens is 4. The summed E-state index contributed by atoms with van der Waals surface area (Å²) in [4.78, 5) is 51.4. The third-order valence-corrected chi connectivity index (χ3v) is 7.95. The number of hydrogen-bond acceptors (Lipinski definition) is 9. The number of sulfone groups is 1. The molecule has 1 aromatic heterocycles. The second-order valence-corrected chi connectivity index (χ2v) is 11.7. The highest BCUT2D eigenvalue weighted by atomic mass is 35.5. The Morgan fingerprint density at radius 2 is 1.78 bits per heavy atom. The fourth-order valence-corrected chi connectivity index (χ4v) is 5.31. The summed E-state index contributed by atoms with van der Waals surface area (Å²) >= 11 is 6.11. The number of carboxylic acid groups (broad SMARTS) is 1. The minimum atomic E-state index is -3.24. The first-order valence-corrected chi connectivity index (χ1v) is 14.3. The van der Waals surface area contributed by atoms with Crippen LogP contribution in [0.4, 0.5) is 5.69 Å². The Hall–Kier alpha value is -4.63. The van der Waals surface area contributed by atoms with Gasteiger partial charge < -0.3 is 20.6 Å². The van der Waals surface area contributed by atoms with Gasteiger partial charge in [-0.25, -0.2) is 13.2 Å². The van der Waals surface area contributed by atoms with Crippen molar-refractivity contribution in [1.82, 2.24) is 30.4 Å². The molecule has 2 heterocycles. The third kappa shape index (κ3) is 7.95. The van der Waals surface area contributed by atoms with Crippen LogP contribution >= 0.6 is 11.6 Å². The van der Waals surface area contributed by atoms with Gasteiger partial charge in [0.2, 0.25) is 17.7 Å². The minimum Gasteiger partial charge on any atom is -0.478 e. The van der Waals surface area contributed by atoms with Crippen molar-refractivity contribution in [3.8, 4) is 5.69 Å². The number of nitrogens with one attached hydrogen (secondary N) is 2. The molecule has 2 aromatic carbocycles. The molecule has 4 rings (SSSR count). The number of rotatable bonds is 9. The largest absolute Gasteiger partial charge is 0.478 e. The van der Waals surface area contributed by atoms with Crippen LogP contribution in [0.2, 0.25) is 5.02 Å². The van der Waals surface area contributed by atoms with Crippen molar-refractivity contribution in [1.29, 1.82) is 0 Å². The molecule has 16 heteroatoms. The van der Waals surface area contributed by atoms with Gasteiger partial charge >= 0.3 is 5.97 Å². The van der Waals surface area contributed by atoms with Gasteiger partial charge in [-0.05, 0) is 59.0 Å². The number of tetrazole rings is 1. The second kappa shape index (κ2) is 12.7. The number of benzene rings is 2. The van der Waals surface area contributed by atoms with Crippen LogP contribution in [0.15, 0.2) is 54.9 Å². The number of carboxylic acids is 1. The highest BCUT2D eigenvalue weighted by Gasteiger charge is 2.30. The summed E-state index contributed by atoms with van der Waals surface area (Å²) in [5.74, 6) is -3.47. The zero-order valence-corrected chi connectivity index (χ0v) is 22.9. The van der Waals surface area contributed by atoms with Gasteiger partial charge in [-0.2, -0.15) is 4.68 Å². The van der Waals surface area contributed by atoms with Crippen LogP contribution in [0.3, 0.4) is 0 Å². The Kier molecular flexibility index (Phi) is 9.09. The first-order chi connectivity index (χ1) is 19.5. The molecule has 3 N–H and O–H groups in total. The predicted molar refractivity (Wildman–Crippen MR) is 147 cm³/mol. The Bertz CT molecular complexity index is 1580. The molecule has 1 saturated heterocycles. The van der Waals surface area contributed by atoms with Gasteiger partial charge in [-0.3, -0.25) is 14.4 Å². The average molecular weight is 602 g/mol. The lowest BCUT2D eigenvalue weighted by Crippen LogP contribution is -2.49. The van der Waals surface area contributed by atoms with E-state index in [9.17, 15) is 27.6 Å². The van der Waals surface area contributed by atoms with E-state index in [0.29, 0.717) is 16.3 Å². The van der Waals surface area contributed by atoms with Gasteiger partial charge in [-0.15, -0.1) is 5.10 Å². The number of anilines is 1. The average Bonchev–Trinajstić information content (AvgIpc) is 3.46. The summed E-state index contributed by atoms with van der Waals surface area (Å²) in [5, 5.41) is 25.6. The molecule has 1 aliphatic heterocycles. The maximum atomic E-state index is 13.1. The van der Waals surface area contributed by atoms with Crippen LogP contribution in [0.25, 0.3) is 11.8 Å². The van der Waals surface area contributed by atoms with E-state index >= 15 is 0 Å². The monoisotopic (exact) mass is 601 g/mol. The molecule has 1 atom stereocenters. The van der Waals surface area contributed by atoms with Gasteiger partial charge in [0.15, 0.2) is 9.84 Å². The molecular weight excluding hydrogens is 578 g/mol. The fraction of sp³-hybridized carbons (Fsp3) is 0.240. The molecule has 0 bridgehead atoms. The van der Waals surface area contributed by atoms with Crippen molar-refractivity contribution in [2.45, 2.75) is 12.5 Å². The zero-order valence-electron chi connectivity index (χ0n) is 21.3. The predicted octanol–water partition coefficient (Wildman–Crippen LogP) is 0.798. The lowest BCUT2D eigenvalue weighted by molar-refractivity contribution is -0.134. The first-order valence-electron chi connectivity index (χ1n) is 12.1. The molecule has 0 radical (unpaired) electrons. The standard InChI is InChI=1S/C25H24ClN7O7S/c26-18-4-7-21(33-15-27-30-31-33)17(13-18)3-8-22(34)29-20(14-23(35)32-9-11-41(39,40)12-10-32)24(36)28-19-5-1-16(2-6-19)25(37)38/h1-8,13,15,20H,9-12,14H2,(H,28,36)(H,29,34)(H,37,38)/b8-3+/t20-/m0/s1. The van der Waals surface area contributed by atoms with E-state index in [4.69, 9.17) is 16.7 Å². The van der Waals surface area contributed by atoms with Crippen LogP contribution in [-0.2, 0) is 24.2 Å². The summed E-state index contributed by atoms with van der Waals surface area (Å²) in [6.07, 6.45) is 3.52. The van der Waals surface area contributed by atoms with Crippen LogP contribution in [0, 0.1) is 0 Å². The maximum absolute atomic E-state index is 13.1. The molecule has 1 fully saturated rings. The summed E-state index contributed by atoms with van der Waals surface area (Å²) < 4.78 is 24.9. The van der Waals surface area contributed by atoms with Crippen molar-refractivity contribution >= 4 is 56.9 Å². The van der Waals surface area contributed by atoms with Crippen molar-refractivity contribution in [3.63, 3.8) is 0 Å². The number of carbonyl (C=O) groups is 4. The quantitative estimate of drug-likeness (QED) is 0.295. The summed E-state index contributed by atoms with van der Waals surface area (Å²) in [6, 6.07) is 8.85. The SMILES string of the molecule is O=C(/C=C/c1cc(Cl)ccc1-n1cnnn1)N[C@@H](CC(=O)N1CCS(=O)(=O)CC1)C(=O)Nc1ccc(C(=O)O)cc1. The van der Waals surface area contributed by atoms with Crippen molar-refractivity contribution < 1.29 is 32.7 Å². The van der Waals surface area contributed by atoms with Gasteiger partial charge in [0.05, 0.1) is 29.2 Å². The molecule has 1 aliphatic rings. The van der Waals surface area contributed by atoms with E-state index in [0.717, 1.165) is 6.08 Å².